The van der Waals surface area contributed by atoms with Crippen LogP contribution in [0.1, 0.15) is 29.8 Å². The van der Waals surface area contributed by atoms with Gasteiger partial charge >= 0.3 is 11.9 Å². The largest absolute Gasteiger partial charge is 0.459 e. The van der Waals surface area contributed by atoms with Gasteiger partial charge in [-0.3, -0.25) is 9.59 Å². The Kier molecular flexibility index (Phi) is 7.05. The van der Waals surface area contributed by atoms with Crippen LogP contribution in [-0.2, 0) is 25.5 Å². The Balaban J connectivity index is 1.79. The lowest BCUT2D eigenvalue weighted by atomic mass is 10.1. The van der Waals surface area contributed by atoms with Crippen molar-refractivity contribution >= 4 is 23.5 Å². The molecule has 0 bridgehead atoms. The van der Waals surface area contributed by atoms with Gasteiger partial charge in [0.05, 0.1) is 18.1 Å². The third-order valence-electron chi connectivity index (χ3n) is 3.35. The first-order valence-corrected chi connectivity index (χ1v) is 8.34. The maximum atomic E-state index is 13.1. The summed E-state index contributed by atoms with van der Waals surface area (Å²) < 4.78 is 23.0. The summed E-state index contributed by atoms with van der Waals surface area (Å²) in [5.41, 5.74) is 1.27. The molecule has 2 aromatic carbocycles. The van der Waals surface area contributed by atoms with Gasteiger partial charge in [0.2, 0.25) is 0 Å². The zero-order valence-corrected chi connectivity index (χ0v) is 15.0. The predicted molar refractivity (Wildman–Crippen MR) is 96.7 cm³/mol. The van der Waals surface area contributed by atoms with E-state index in [4.69, 9.17) is 9.47 Å². The maximum absolute atomic E-state index is 13.1. The van der Waals surface area contributed by atoms with Crippen LogP contribution >= 0.6 is 0 Å². The quantitative estimate of drug-likeness (QED) is 0.754. The van der Waals surface area contributed by atoms with Crippen LogP contribution in [0.3, 0.4) is 0 Å². The van der Waals surface area contributed by atoms with Crippen LogP contribution < -0.4 is 5.32 Å². The number of ether oxygens (including phenoxy) is 2. The van der Waals surface area contributed by atoms with Crippen LogP contribution in [0.15, 0.2) is 48.5 Å². The molecule has 1 amide bonds. The molecular weight excluding hydrogens is 353 g/mol. The average molecular weight is 373 g/mol. The zero-order valence-electron chi connectivity index (χ0n) is 15.0. The second-order valence-electron chi connectivity index (χ2n) is 6.05. The maximum Gasteiger partial charge on any atom is 0.338 e. The number of anilines is 1. The fraction of sp³-hybridized carbons (Fsp3) is 0.250. The summed E-state index contributed by atoms with van der Waals surface area (Å²) in [5, 5.41) is 2.55. The molecule has 2 aromatic rings. The lowest BCUT2D eigenvalue weighted by Gasteiger charge is -2.09. The van der Waals surface area contributed by atoms with Crippen molar-refractivity contribution in [2.24, 2.45) is 0 Å². The number of amides is 1. The Morgan fingerprint density at radius 1 is 1.07 bits per heavy atom. The van der Waals surface area contributed by atoms with Crippen LogP contribution in [0.5, 0.6) is 0 Å². The number of benzene rings is 2. The SMILES string of the molecule is CC(C)OC(=O)c1ccc(NC(=O)COC(=O)Cc2cccc(F)c2)cc1. The number of nitrogens with one attached hydrogen (secondary N) is 1. The molecule has 0 aliphatic rings. The first kappa shape index (κ1) is 20.1. The normalized spacial score (nSPS) is 10.4. The third-order valence-corrected chi connectivity index (χ3v) is 3.35. The van der Waals surface area contributed by atoms with Gasteiger partial charge in [-0.2, -0.15) is 0 Å². The number of hydrogen-bond acceptors (Lipinski definition) is 5. The monoisotopic (exact) mass is 373 g/mol. The van der Waals surface area contributed by atoms with Crippen molar-refractivity contribution in [2.45, 2.75) is 26.4 Å². The highest BCUT2D eigenvalue weighted by Crippen LogP contribution is 2.11. The molecule has 0 atom stereocenters. The fourth-order valence-corrected chi connectivity index (χ4v) is 2.18. The molecule has 0 aromatic heterocycles. The van der Waals surface area contributed by atoms with Gasteiger partial charge in [0, 0.05) is 5.69 Å². The Morgan fingerprint density at radius 2 is 1.78 bits per heavy atom. The topological polar surface area (TPSA) is 81.7 Å². The molecule has 0 heterocycles. The smallest absolute Gasteiger partial charge is 0.338 e. The van der Waals surface area contributed by atoms with Crippen LogP contribution in [0.2, 0.25) is 0 Å². The lowest BCUT2D eigenvalue weighted by molar-refractivity contribution is -0.146. The van der Waals surface area contributed by atoms with Gasteiger partial charge in [0.15, 0.2) is 6.61 Å². The predicted octanol–water partition coefficient (Wildman–Crippen LogP) is 3.12. The summed E-state index contributed by atoms with van der Waals surface area (Å²) in [6, 6.07) is 11.7. The van der Waals surface area contributed by atoms with Crippen molar-refractivity contribution in [2.75, 3.05) is 11.9 Å². The number of rotatable bonds is 7. The second-order valence-corrected chi connectivity index (χ2v) is 6.05. The molecule has 0 saturated carbocycles. The fourth-order valence-electron chi connectivity index (χ4n) is 2.18. The summed E-state index contributed by atoms with van der Waals surface area (Å²) in [6.07, 6.45) is -0.350. The molecule has 0 radical (unpaired) electrons. The Morgan fingerprint density at radius 3 is 2.41 bits per heavy atom. The highest BCUT2D eigenvalue weighted by atomic mass is 19.1. The molecule has 0 aliphatic carbocycles. The minimum atomic E-state index is -0.637. The van der Waals surface area contributed by atoms with E-state index in [-0.39, 0.29) is 12.5 Å². The van der Waals surface area contributed by atoms with E-state index >= 15 is 0 Å². The molecule has 142 valence electrons. The standard InChI is InChI=1S/C20H20FNO5/c1-13(2)27-20(25)15-6-8-17(9-7-15)22-18(23)12-26-19(24)11-14-4-3-5-16(21)10-14/h3-10,13H,11-12H2,1-2H3,(H,22,23). The molecule has 0 unspecified atom stereocenters. The average Bonchev–Trinajstić information content (AvgIpc) is 2.60. The van der Waals surface area contributed by atoms with E-state index in [1.807, 2.05) is 0 Å². The highest BCUT2D eigenvalue weighted by Gasteiger charge is 2.11. The number of carbonyl (C=O) groups excluding carboxylic acids is 3. The molecule has 1 N–H and O–H groups in total. The molecule has 6 nitrogen and oxygen atoms in total. The molecule has 0 fully saturated rings. The summed E-state index contributed by atoms with van der Waals surface area (Å²) >= 11 is 0. The van der Waals surface area contributed by atoms with E-state index in [1.165, 1.54) is 30.3 Å². The van der Waals surface area contributed by atoms with Gasteiger partial charge in [-0.05, 0) is 55.8 Å². The van der Waals surface area contributed by atoms with Crippen LogP contribution in [0.25, 0.3) is 0 Å². The number of hydrogen-bond donors (Lipinski definition) is 1. The van der Waals surface area contributed by atoms with E-state index in [9.17, 15) is 18.8 Å². The molecule has 2 rings (SSSR count). The minimum Gasteiger partial charge on any atom is -0.459 e. The Bertz CT molecular complexity index is 817. The van der Waals surface area contributed by atoms with E-state index in [0.717, 1.165) is 0 Å². The number of halogens is 1. The lowest BCUT2D eigenvalue weighted by Crippen LogP contribution is -2.21. The molecule has 0 spiro atoms. The van der Waals surface area contributed by atoms with E-state index < -0.39 is 30.3 Å². The van der Waals surface area contributed by atoms with Crippen molar-refractivity contribution in [3.05, 3.63) is 65.5 Å². The highest BCUT2D eigenvalue weighted by molar-refractivity contribution is 5.94. The van der Waals surface area contributed by atoms with Crippen molar-refractivity contribution in [1.82, 2.24) is 0 Å². The van der Waals surface area contributed by atoms with Gasteiger partial charge in [-0.15, -0.1) is 0 Å². The van der Waals surface area contributed by atoms with Gasteiger partial charge in [-0.1, -0.05) is 12.1 Å². The Labute approximate surface area is 156 Å². The van der Waals surface area contributed by atoms with E-state index in [0.29, 0.717) is 16.8 Å². The molecular formula is C20H20FNO5. The van der Waals surface area contributed by atoms with Crippen LogP contribution in [0.4, 0.5) is 10.1 Å². The van der Waals surface area contributed by atoms with Crippen LogP contribution in [0, 0.1) is 5.82 Å². The molecule has 0 aliphatic heterocycles. The summed E-state index contributed by atoms with van der Waals surface area (Å²) in [5.74, 6) is -2.06. The second kappa shape index (κ2) is 9.47. The van der Waals surface area contributed by atoms with E-state index in [2.05, 4.69) is 5.32 Å². The van der Waals surface area contributed by atoms with Crippen LogP contribution in [-0.4, -0.2) is 30.6 Å². The van der Waals surface area contributed by atoms with Gasteiger partial charge < -0.3 is 14.8 Å². The zero-order chi connectivity index (χ0) is 19.8. The third kappa shape index (κ3) is 6.89. The van der Waals surface area contributed by atoms with Crippen molar-refractivity contribution in [3.8, 4) is 0 Å². The summed E-state index contributed by atoms with van der Waals surface area (Å²) in [7, 11) is 0. The number of esters is 2. The Hall–Kier alpha value is -3.22. The molecule has 7 heteroatoms. The van der Waals surface area contributed by atoms with E-state index in [1.54, 1.807) is 32.0 Å². The molecule has 0 saturated heterocycles. The van der Waals surface area contributed by atoms with Gasteiger partial charge in [0.25, 0.3) is 5.91 Å². The summed E-state index contributed by atoms with van der Waals surface area (Å²) in [6.45, 7) is 3.04. The first-order valence-electron chi connectivity index (χ1n) is 8.34. The first-order chi connectivity index (χ1) is 12.8. The van der Waals surface area contributed by atoms with Crippen molar-refractivity contribution < 1.29 is 28.2 Å². The van der Waals surface area contributed by atoms with Gasteiger partial charge in [0.1, 0.15) is 5.82 Å². The van der Waals surface area contributed by atoms with Crippen molar-refractivity contribution in [1.29, 1.82) is 0 Å². The van der Waals surface area contributed by atoms with Gasteiger partial charge in [-0.25, -0.2) is 9.18 Å². The molecule has 27 heavy (non-hydrogen) atoms. The summed E-state index contributed by atoms with van der Waals surface area (Å²) in [4.78, 5) is 35.3. The van der Waals surface area contributed by atoms with Crippen molar-refractivity contribution in [3.63, 3.8) is 0 Å². The minimum absolute atomic E-state index is 0.127. The number of carbonyl (C=O) groups is 3.